The third kappa shape index (κ3) is 10.7. The monoisotopic (exact) mass is 581 g/mol. The van der Waals surface area contributed by atoms with Gasteiger partial charge < -0.3 is 25.4 Å². The summed E-state index contributed by atoms with van der Waals surface area (Å²) in [5.41, 5.74) is 1.08. The molecule has 0 aromatic heterocycles. The predicted molar refractivity (Wildman–Crippen MR) is 168 cm³/mol. The summed E-state index contributed by atoms with van der Waals surface area (Å²) in [4.78, 5) is 42.9. The summed E-state index contributed by atoms with van der Waals surface area (Å²) in [6, 6.07) is 12.0. The molecule has 0 aliphatic heterocycles. The number of aromatic hydroxyl groups is 1. The van der Waals surface area contributed by atoms with Crippen LogP contribution in [0.4, 0.5) is 10.5 Å². The van der Waals surface area contributed by atoms with Gasteiger partial charge in [-0.2, -0.15) is 0 Å². The molecule has 0 fully saturated rings. The van der Waals surface area contributed by atoms with Gasteiger partial charge in [0.1, 0.15) is 23.4 Å². The van der Waals surface area contributed by atoms with Gasteiger partial charge in [0.25, 0.3) is 5.91 Å². The summed E-state index contributed by atoms with van der Waals surface area (Å²) in [6.45, 7) is 13.5. The van der Waals surface area contributed by atoms with Gasteiger partial charge in [-0.1, -0.05) is 95.7 Å². The third-order valence-corrected chi connectivity index (χ3v) is 7.38. The number of phenols is 1. The molecule has 8 nitrogen and oxygen atoms in total. The maximum atomic E-state index is 14.5. The Bertz CT molecular complexity index is 1160. The van der Waals surface area contributed by atoms with E-state index < -0.39 is 35.6 Å². The highest BCUT2D eigenvalue weighted by atomic mass is 16.6. The van der Waals surface area contributed by atoms with Gasteiger partial charge in [0.15, 0.2) is 0 Å². The van der Waals surface area contributed by atoms with Crippen LogP contribution in [0.25, 0.3) is 0 Å². The fourth-order valence-electron chi connectivity index (χ4n) is 4.81. The number of nitrogens with zero attached hydrogens (tertiary/aromatic N) is 1. The van der Waals surface area contributed by atoms with Gasteiger partial charge in [0.2, 0.25) is 5.91 Å². The number of phenolic OH excluding ortho intramolecular Hbond substituents is 1. The van der Waals surface area contributed by atoms with Crippen LogP contribution >= 0.6 is 0 Å². The van der Waals surface area contributed by atoms with Crippen LogP contribution in [0.3, 0.4) is 0 Å². The van der Waals surface area contributed by atoms with E-state index in [0.717, 1.165) is 37.7 Å². The predicted octanol–water partition coefficient (Wildman–Crippen LogP) is 7.51. The molecule has 3 atom stereocenters. The largest absolute Gasteiger partial charge is 0.508 e. The van der Waals surface area contributed by atoms with Crippen molar-refractivity contribution in [1.29, 1.82) is 0 Å². The highest BCUT2D eigenvalue weighted by Crippen LogP contribution is 2.32. The molecule has 0 heterocycles. The highest BCUT2D eigenvalue weighted by Gasteiger charge is 2.39. The van der Waals surface area contributed by atoms with Crippen LogP contribution < -0.4 is 10.6 Å². The topological polar surface area (TPSA) is 108 Å². The average molecular weight is 582 g/mol. The van der Waals surface area contributed by atoms with Gasteiger partial charge in [-0.3, -0.25) is 9.59 Å². The number of alkyl carbamates (subject to hydrolysis) is 1. The number of carbonyl (C=O) groups excluding carboxylic acids is 3. The molecular weight excluding hydrogens is 530 g/mol. The van der Waals surface area contributed by atoms with Gasteiger partial charge >= 0.3 is 6.09 Å². The van der Waals surface area contributed by atoms with Gasteiger partial charge in [0.05, 0.1) is 0 Å². The molecule has 3 amide bonds. The lowest BCUT2D eigenvalue weighted by molar-refractivity contribution is -0.142. The summed E-state index contributed by atoms with van der Waals surface area (Å²) in [5, 5.41) is 16.7. The first-order chi connectivity index (χ1) is 19.9. The number of para-hydroxylation sites is 2. The Morgan fingerprint density at radius 2 is 1.55 bits per heavy atom. The van der Waals surface area contributed by atoms with Crippen molar-refractivity contribution < 1.29 is 24.2 Å². The zero-order chi connectivity index (χ0) is 31.3. The standard InChI is InChI=1S/C34H51N3O5/c1-8-10-11-12-13-18-23-37(32(40)29(24(3)9-2)36-33(41)42-34(5,6)7)30(26-20-15-17-22-28(26)38)31(39)35-27-21-16-14-19-25(27)4/h14-17,19-22,24,29-30,38H,8-13,18,23H2,1-7H3,(H,35,39)(H,36,41). The summed E-state index contributed by atoms with van der Waals surface area (Å²) < 4.78 is 5.49. The number of rotatable bonds is 15. The first-order valence-corrected chi connectivity index (χ1v) is 15.3. The second-order valence-electron chi connectivity index (χ2n) is 12.1. The number of hydrogen-bond acceptors (Lipinski definition) is 5. The molecule has 8 heteroatoms. The second kappa shape index (κ2) is 16.8. The molecule has 0 aliphatic rings. The summed E-state index contributed by atoms with van der Waals surface area (Å²) in [7, 11) is 0. The molecule has 232 valence electrons. The maximum absolute atomic E-state index is 14.5. The van der Waals surface area contributed by atoms with E-state index >= 15 is 0 Å². The molecule has 0 bridgehead atoms. The number of benzene rings is 2. The third-order valence-electron chi connectivity index (χ3n) is 7.38. The van der Waals surface area contributed by atoms with E-state index in [4.69, 9.17) is 4.74 Å². The van der Waals surface area contributed by atoms with E-state index in [1.807, 2.05) is 39.0 Å². The number of ether oxygens (including phenoxy) is 1. The van der Waals surface area contributed by atoms with Crippen molar-refractivity contribution in [2.24, 2.45) is 5.92 Å². The highest BCUT2D eigenvalue weighted by molar-refractivity contribution is 5.99. The van der Waals surface area contributed by atoms with Crippen molar-refractivity contribution >= 4 is 23.6 Å². The van der Waals surface area contributed by atoms with Crippen molar-refractivity contribution in [3.8, 4) is 5.75 Å². The van der Waals surface area contributed by atoms with Crippen molar-refractivity contribution in [2.45, 2.75) is 111 Å². The van der Waals surface area contributed by atoms with E-state index in [9.17, 15) is 19.5 Å². The molecule has 3 N–H and O–H groups in total. The minimum atomic E-state index is -1.12. The van der Waals surface area contributed by atoms with Gasteiger partial charge in [-0.15, -0.1) is 0 Å². The van der Waals surface area contributed by atoms with Crippen LogP contribution in [0, 0.1) is 12.8 Å². The first-order valence-electron chi connectivity index (χ1n) is 15.3. The van der Waals surface area contributed by atoms with E-state index in [1.165, 1.54) is 11.0 Å². The molecule has 2 rings (SSSR count). The Labute approximate surface area is 252 Å². The normalized spacial score (nSPS) is 13.5. The number of carbonyl (C=O) groups is 3. The van der Waals surface area contributed by atoms with E-state index in [2.05, 4.69) is 17.6 Å². The molecule has 0 spiro atoms. The Hall–Kier alpha value is -3.55. The Morgan fingerprint density at radius 3 is 2.17 bits per heavy atom. The maximum Gasteiger partial charge on any atom is 0.408 e. The van der Waals surface area contributed by atoms with Crippen LogP contribution in [0.2, 0.25) is 0 Å². The van der Waals surface area contributed by atoms with Gasteiger partial charge in [-0.25, -0.2) is 4.79 Å². The van der Waals surface area contributed by atoms with Crippen LogP contribution in [0.5, 0.6) is 5.75 Å². The molecule has 2 aromatic rings. The van der Waals surface area contributed by atoms with Crippen molar-refractivity contribution in [1.82, 2.24) is 10.2 Å². The van der Waals surface area contributed by atoms with E-state index in [1.54, 1.807) is 45.0 Å². The zero-order valence-corrected chi connectivity index (χ0v) is 26.5. The molecule has 0 radical (unpaired) electrons. The smallest absolute Gasteiger partial charge is 0.408 e. The lowest BCUT2D eigenvalue weighted by atomic mass is 9.95. The van der Waals surface area contributed by atoms with Crippen LogP contribution in [0.15, 0.2) is 48.5 Å². The minimum absolute atomic E-state index is 0.0802. The molecule has 3 unspecified atom stereocenters. The summed E-state index contributed by atoms with van der Waals surface area (Å²) >= 11 is 0. The number of unbranched alkanes of at least 4 members (excludes halogenated alkanes) is 5. The zero-order valence-electron chi connectivity index (χ0n) is 26.5. The van der Waals surface area contributed by atoms with E-state index in [-0.39, 0.29) is 18.2 Å². The Kier molecular flexibility index (Phi) is 13.8. The fourth-order valence-corrected chi connectivity index (χ4v) is 4.81. The number of anilines is 1. The van der Waals surface area contributed by atoms with Crippen molar-refractivity contribution in [3.05, 3.63) is 59.7 Å². The molecule has 0 aliphatic carbocycles. The molecule has 0 saturated heterocycles. The Balaban J connectivity index is 2.55. The summed E-state index contributed by atoms with van der Waals surface area (Å²) in [6.07, 6.45) is 5.91. The average Bonchev–Trinajstić information content (AvgIpc) is 2.93. The Morgan fingerprint density at radius 1 is 0.929 bits per heavy atom. The lowest BCUT2D eigenvalue weighted by Crippen LogP contribution is -2.55. The lowest BCUT2D eigenvalue weighted by Gasteiger charge is -2.36. The minimum Gasteiger partial charge on any atom is -0.508 e. The van der Waals surface area contributed by atoms with Crippen LogP contribution in [-0.4, -0.2) is 46.1 Å². The number of hydrogen-bond donors (Lipinski definition) is 3. The van der Waals surface area contributed by atoms with Crippen molar-refractivity contribution in [3.63, 3.8) is 0 Å². The van der Waals surface area contributed by atoms with Crippen LogP contribution in [-0.2, 0) is 14.3 Å². The summed E-state index contributed by atoms with van der Waals surface area (Å²) in [5.74, 6) is -1.15. The second-order valence-corrected chi connectivity index (χ2v) is 12.1. The molecule has 2 aromatic carbocycles. The fraction of sp³-hybridized carbons (Fsp3) is 0.559. The number of nitrogens with one attached hydrogen (secondary N) is 2. The quantitative estimate of drug-likeness (QED) is 0.189. The molecule has 0 saturated carbocycles. The molecule has 42 heavy (non-hydrogen) atoms. The molecular formula is C34H51N3O5. The van der Waals surface area contributed by atoms with E-state index in [0.29, 0.717) is 24.1 Å². The number of amides is 3. The number of aryl methyl sites for hydroxylation is 1. The van der Waals surface area contributed by atoms with Gasteiger partial charge in [-0.05, 0) is 57.7 Å². The van der Waals surface area contributed by atoms with Crippen molar-refractivity contribution in [2.75, 3.05) is 11.9 Å². The SMILES string of the molecule is CCCCCCCCN(C(=O)C(NC(=O)OC(C)(C)C)C(C)CC)C(C(=O)Nc1ccccc1C)c1ccccc1O. The van der Waals surface area contributed by atoms with Crippen LogP contribution in [0.1, 0.15) is 104 Å². The van der Waals surface area contributed by atoms with Gasteiger partial charge in [0, 0.05) is 17.8 Å². The first kappa shape index (κ1) is 34.7.